The molecule has 0 aromatic rings. The summed E-state index contributed by atoms with van der Waals surface area (Å²) in [5, 5.41) is 0. The maximum atomic E-state index is 5.58. The predicted molar refractivity (Wildman–Crippen MR) is 42.7 cm³/mol. The normalized spacial score (nSPS) is 16.7. The molecule has 0 fully saturated rings. The van der Waals surface area contributed by atoms with E-state index in [2.05, 4.69) is 13.0 Å². The fraction of sp³-hybridized carbons (Fsp3) is 0.333. The van der Waals surface area contributed by atoms with E-state index in [4.69, 9.17) is 11.8 Å². The minimum absolute atomic E-state index is 0. The molecule has 1 nitrogen and oxygen atoms in total. The molecule has 1 aliphatic rings. The first kappa shape index (κ1) is 8.86. The Morgan fingerprint density at radius 3 is 2.67 bits per heavy atom. The molecule has 1 aliphatic heterocycles. The first-order valence-electron chi connectivity index (χ1n) is 2.56. The molecule has 0 radical (unpaired) electrons. The highest BCUT2D eigenvalue weighted by Gasteiger charge is 1.94. The van der Waals surface area contributed by atoms with Gasteiger partial charge in [-0.15, -0.1) is 12.4 Å². The van der Waals surface area contributed by atoms with Gasteiger partial charge in [0.05, 0.1) is 6.54 Å². The third kappa shape index (κ3) is 2.78. The molecule has 0 saturated carbocycles. The lowest BCUT2D eigenvalue weighted by atomic mass is 10.2. The van der Waals surface area contributed by atoms with E-state index in [-0.39, 0.29) is 12.4 Å². The monoisotopic (exact) mass is 165 g/mol. The van der Waals surface area contributed by atoms with Gasteiger partial charge < -0.3 is 0 Å². The minimum Gasteiger partial charge on any atom is -0.289 e. The smallest absolute Gasteiger partial charge is 0.0528 e. The van der Waals surface area contributed by atoms with Gasteiger partial charge in [-0.05, 0) is 13.0 Å². The van der Waals surface area contributed by atoms with Crippen molar-refractivity contribution in [3.8, 4) is 0 Å². The molecule has 0 N–H and O–H groups in total. The van der Waals surface area contributed by atoms with Gasteiger partial charge in [0.15, 0.2) is 0 Å². The van der Waals surface area contributed by atoms with E-state index >= 15 is 0 Å². The lowest BCUT2D eigenvalue weighted by Gasteiger charge is -2.10. The zero-order valence-corrected chi connectivity index (χ0v) is 6.75. The van der Waals surface area contributed by atoms with Crippen LogP contribution in [0, 0.1) is 0 Å². The van der Waals surface area contributed by atoms with Crippen LogP contribution in [-0.4, -0.2) is 11.0 Å². The Balaban J connectivity index is 0.000000640. The van der Waals surface area contributed by atoms with Crippen LogP contribution < -0.4 is 0 Å². The summed E-state index contributed by atoms with van der Waals surface area (Å²) in [6, 6.07) is 0. The second kappa shape index (κ2) is 3.80. The summed E-state index contributed by atoms with van der Waals surface area (Å²) in [5.74, 6) is 0. The Kier molecular flexibility index (Phi) is 3.75. The summed E-state index contributed by atoms with van der Waals surface area (Å²) in [5.41, 5.74) is 1.28. The molecule has 3 heteroatoms. The van der Waals surface area contributed by atoms with E-state index in [1.54, 1.807) is 4.42 Å². The maximum absolute atomic E-state index is 5.58. The number of allylic oxidation sites excluding steroid dienone is 2. The molecular formula is C6H9Cl2N. The summed E-state index contributed by atoms with van der Waals surface area (Å²) < 4.78 is 1.62. The molecule has 0 saturated heterocycles. The Labute approximate surface area is 66.5 Å². The summed E-state index contributed by atoms with van der Waals surface area (Å²) in [6.45, 7) is 2.88. The largest absolute Gasteiger partial charge is 0.289 e. The average Bonchev–Trinajstić information content (AvgIpc) is 1.77. The van der Waals surface area contributed by atoms with E-state index in [0.717, 1.165) is 6.54 Å². The van der Waals surface area contributed by atoms with Gasteiger partial charge in [-0.25, -0.2) is 0 Å². The van der Waals surface area contributed by atoms with Crippen molar-refractivity contribution in [3.63, 3.8) is 0 Å². The molecule has 0 unspecified atom stereocenters. The molecule has 0 atom stereocenters. The van der Waals surface area contributed by atoms with Gasteiger partial charge >= 0.3 is 0 Å². The SMILES string of the molecule is CC1=CCN(Cl)C=C1.Cl. The van der Waals surface area contributed by atoms with Crippen molar-refractivity contribution < 1.29 is 0 Å². The summed E-state index contributed by atoms with van der Waals surface area (Å²) in [7, 11) is 0. The van der Waals surface area contributed by atoms with E-state index in [1.807, 2.05) is 12.3 Å². The van der Waals surface area contributed by atoms with Crippen LogP contribution in [-0.2, 0) is 0 Å². The minimum atomic E-state index is 0. The summed E-state index contributed by atoms with van der Waals surface area (Å²) >= 11 is 5.58. The second-order valence-corrected chi connectivity index (χ2v) is 2.28. The first-order valence-corrected chi connectivity index (χ1v) is 2.90. The number of rotatable bonds is 0. The van der Waals surface area contributed by atoms with Crippen LogP contribution in [0.25, 0.3) is 0 Å². The van der Waals surface area contributed by atoms with E-state index in [1.165, 1.54) is 5.57 Å². The van der Waals surface area contributed by atoms with Gasteiger partial charge in [0, 0.05) is 18.0 Å². The predicted octanol–water partition coefficient (Wildman–Crippen LogP) is 2.34. The second-order valence-electron chi connectivity index (χ2n) is 1.85. The molecule has 0 aliphatic carbocycles. The lowest BCUT2D eigenvalue weighted by Crippen LogP contribution is -2.06. The molecule has 0 amide bonds. The van der Waals surface area contributed by atoms with Crippen molar-refractivity contribution in [2.24, 2.45) is 0 Å². The Morgan fingerprint density at radius 2 is 2.33 bits per heavy atom. The lowest BCUT2D eigenvalue weighted by molar-refractivity contribution is 0.665. The highest BCUT2D eigenvalue weighted by Crippen LogP contribution is 2.06. The molecule has 0 aromatic carbocycles. The molecule has 52 valence electrons. The Morgan fingerprint density at radius 1 is 1.67 bits per heavy atom. The van der Waals surface area contributed by atoms with Crippen molar-refractivity contribution in [1.29, 1.82) is 0 Å². The van der Waals surface area contributed by atoms with E-state index in [0.29, 0.717) is 0 Å². The summed E-state index contributed by atoms with van der Waals surface area (Å²) in [6.07, 6.45) is 5.92. The molecule has 0 aromatic heterocycles. The van der Waals surface area contributed by atoms with E-state index in [9.17, 15) is 0 Å². The fourth-order valence-corrected chi connectivity index (χ4v) is 0.684. The highest BCUT2D eigenvalue weighted by molar-refractivity contribution is 6.14. The molecule has 9 heavy (non-hydrogen) atoms. The molecule has 0 spiro atoms. The topological polar surface area (TPSA) is 3.24 Å². The van der Waals surface area contributed by atoms with Crippen molar-refractivity contribution in [2.75, 3.05) is 6.54 Å². The van der Waals surface area contributed by atoms with Crippen molar-refractivity contribution >= 4 is 24.2 Å². The van der Waals surface area contributed by atoms with Crippen LogP contribution >= 0.6 is 24.2 Å². The van der Waals surface area contributed by atoms with Crippen LogP contribution in [0.2, 0.25) is 0 Å². The van der Waals surface area contributed by atoms with Crippen molar-refractivity contribution in [2.45, 2.75) is 6.92 Å². The zero-order chi connectivity index (χ0) is 5.98. The van der Waals surface area contributed by atoms with Crippen molar-refractivity contribution in [1.82, 2.24) is 4.42 Å². The third-order valence-electron chi connectivity index (χ3n) is 1.09. The number of halogens is 2. The van der Waals surface area contributed by atoms with Crippen LogP contribution in [0.15, 0.2) is 23.9 Å². The fourth-order valence-electron chi connectivity index (χ4n) is 0.559. The van der Waals surface area contributed by atoms with Gasteiger partial charge in [0.25, 0.3) is 0 Å². The van der Waals surface area contributed by atoms with Crippen LogP contribution in [0.3, 0.4) is 0 Å². The number of hydrogen-bond donors (Lipinski definition) is 0. The molecular weight excluding hydrogens is 157 g/mol. The highest BCUT2D eigenvalue weighted by atomic mass is 35.5. The molecule has 1 heterocycles. The number of hydrogen-bond acceptors (Lipinski definition) is 1. The quantitative estimate of drug-likeness (QED) is 0.499. The Hall–Kier alpha value is -0.140. The van der Waals surface area contributed by atoms with Crippen molar-refractivity contribution in [3.05, 3.63) is 23.9 Å². The maximum Gasteiger partial charge on any atom is 0.0528 e. The zero-order valence-electron chi connectivity index (χ0n) is 5.17. The first-order chi connectivity index (χ1) is 3.79. The molecule has 1 rings (SSSR count). The van der Waals surface area contributed by atoms with Crippen LogP contribution in [0.4, 0.5) is 0 Å². The van der Waals surface area contributed by atoms with Gasteiger partial charge in [-0.2, -0.15) is 0 Å². The van der Waals surface area contributed by atoms with Gasteiger partial charge in [-0.3, -0.25) is 4.42 Å². The van der Waals surface area contributed by atoms with Gasteiger partial charge in [-0.1, -0.05) is 11.6 Å². The Bertz CT molecular complexity index is 140. The summed E-state index contributed by atoms with van der Waals surface area (Å²) in [4.78, 5) is 0. The van der Waals surface area contributed by atoms with Gasteiger partial charge in [0.2, 0.25) is 0 Å². The van der Waals surface area contributed by atoms with Crippen LogP contribution in [0.1, 0.15) is 6.92 Å². The standard InChI is InChI=1S/C6H8ClN.ClH/c1-6-2-4-8(7)5-3-6;/h2-4H,5H2,1H3;1H. The molecule has 0 bridgehead atoms. The van der Waals surface area contributed by atoms with E-state index < -0.39 is 0 Å². The third-order valence-corrected chi connectivity index (χ3v) is 1.34. The average molecular weight is 166 g/mol. The number of nitrogens with zero attached hydrogens (tertiary/aromatic N) is 1. The van der Waals surface area contributed by atoms with Gasteiger partial charge in [0.1, 0.15) is 0 Å². The van der Waals surface area contributed by atoms with Crippen LogP contribution in [0.5, 0.6) is 0 Å².